The molecule has 1 fully saturated rings. The normalized spacial score (nSPS) is 24.7. The number of aryl methyl sites for hydroxylation is 1. The number of rotatable bonds is 3. The summed E-state index contributed by atoms with van der Waals surface area (Å²) in [4.78, 5) is 16.2. The fourth-order valence-electron chi connectivity index (χ4n) is 2.30. The van der Waals surface area contributed by atoms with Crippen LogP contribution >= 0.6 is 11.6 Å². The molecule has 2 rings (SSSR count). The van der Waals surface area contributed by atoms with Gasteiger partial charge in [0.25, 0.3) is 0 Å². The number of nitrogens with one attached hydrogen (secondary N) is 3. The monoisotopic (exact) mass is 334 g/mol. The van der Waals surface area contributed by atoms with Crippen molar-refractivity contribution in [1.82, 2.24) is 10.6 Å². The van der Waals surface area contributed by atoms with Gasteiger partial charge in [0, 0.05) is 23.2 Å². The predicted octanol–water partition coefficient (Wildman–Crippen LogP) is 1.30. The van der Waals surface area contributed by atoms with E-state index in [-0.39, 0.29) is 24.3 Å². The van der Waals surface area contributed by atoms with Crippen molar-refractivity contribution in [2.75, 3.05) is 5.32 Å². The standard InChI is InChI=1S/C15H19ClN6O/c1-8-3-4-10(7-12(8)16)20-14(18)22-15-19-9(2)11(5-6-17)13(23)21-15/h3-4,7,9,11,15,19H,5H2,1-2H3,(H,21,23)(H3,18,20,22). The number of aliphatic imine (C=N–C) groups is 1. The zero-order chi connectivity index (χ0) is 17.0. The number of nitrogens with zero attached hydrogens (tertiary/aromatic N) is 2. The minimum Gasteiger partial charge on any atom is -0.370 e. The molecule has 23 heavy (non-hydrogen) atoms. The lowest BCUT2D eigenvalue weighted by molar-refractivity contribution is -0.129. The van der Waals surface area contributed by atoms with Gasteiger partial charge in [0.15, 0.2) is 12.2 Å². The van der Waals surface area contributed by atoms with Gasteiger partial charge in [-0.15, -0.1) is 0 Å². The van der Waals surface area contributed by atoms with Gasteiger partial charge < -0.3 is 16.4 Å². The summed E-state index contributed by atoms with van der Waals surface area (Å²) in [7, 11) is 0. The SMILES string of the molecule is Cc1ccc(N/C(N)=N/C2NC(=O)C(CC#N)C(C)N2)cc1Cl. The van der Waals surface area contributed by atoms with Gasteiger partial charge in [0.1, 0.15) is 0 Å². The maximum Gasteiger partial charge on any atom is 0.228 e. The van der Waals surface area contributed by atoms with Gasteiger partial charge in [-0.25, -0.2) is 4.99 Å². The average molecular weight is 335 g/mol. The summed E-state index contributed by atoms with van der Waals surface area (Å²) in [5, 5.41) is 18.1. The van der Waals surface area contributed by atoms with Crippen molar-refractivity contribution in [1.29, 1.82) is 5.26 Å². The van der Waals surface area contributed by atoms with Crippen LogP contribution in [0.3, 0.4) is 0 Å². The molecule has 1 amide bonds. The van der Waals surface area contributed by atoms with E-state index >= 15 is 0 Å². The molecule has 1 aliphatic rings. The van der Waals surface area contributed by atoms with Crippen molar-refractivity contribution in [3.8, 4) is 6.07 Å². The quantitative estimate of drug-likeness (QED) is 0.491. The first kappa shape index (κ1) is 17.1. The number of nitriles is 1. The summed E-state index contributed by atoms with van der Waals surface area (Å²) < 4.78 is 0. The van der Waals surface area contributed by atoms with E-state index in [9.17, 15) is 4.79 Å². The van der Waals surface area contributed by atoms with Crippen LogP contribution in [0.5, 0.6) is 0 Å². The predicted molar refractivity (Wildman–Crippen MR) is 89.7 cm³/mol. The highest BCUT2D eigenvalue weighted by atomic mass is 35.5. The van der Waals surface area contributed by atoms with Crippen molar-refractivity contribution in [3.05, 3.63) is 28.8 Å². The van der Waals surface area contributed by atoms with Gasteiger partial charge in [-0.05, 0) is 31.5 Å². The van der Waals surface area contributed by atoms with E-state index < -0.39 is 12.2 Å². The molecule has 1 aromatic rings. The second-order valence-corrected chi connectivity index (χ2v) is 5.85. The van der Waals surface area contributed by atoms with Crippen LogP contribution in [0.15, 0.2) is 23.2 Å². The van der Waals surface area contributed by atoms with E-state index in [0.29, 0.717) is 10.7 Å². The number of hydrogen-bond acceptors (Lipinski definition) is 4. The molecule has 3 unspecified atom stereocenters. The molecule has 0 bridgehead atoms. The summed E-state index contributed by atoms with van der Waals surface area (Å²) in [5.41, 5.74) is 7.53. The number of anilines is 1. The van der Waals surface area contributed by atoms with Gasteiger partial charge in [-0.2, -0.15) is 5.26 Å². The molecular formula is C15H19ClN6O. The number of amides is 1. The maximum absolute atomic E-state index is 12.0. The van der Waals surface area contributed by atoms with E-state index in [0.717, 1.165) is 5.56 Å². The third kappa shape index (κ3) is 4.34. The minimum atomic E-state index is -0.638. The van der Waals surface area contributed by atoms with Crippen LogP contribution in [0, 0.1) is 24.2 Å². The molecule has 1 aliphatic heterocycles. The molecule has 1 saturated heterocycles. The number of carbonyl (C=O) groups is 1. The second kappa shape index (κ2) is 7.31. The molecule has 8 heteroatoms. The highest BCUT2D eigenvalue weighted by molar-refractivity contribution is 6.31. The van der Waals surface area contributed by atoms with Gasteiger partial charge in [0.2, 0.25) is 5.91 Å². The molecule has 0 radical (unpaired) electrons. The highest BCUT2D eigenvalue weighted by Crippen LogP contribution is 2.20. The van der Waals surface area contributed by atoms with E-state index in [4.69, 9.17) is 22.6 Å². The van der Waals surface area contributed by atoms with Crippen molar-refractivity contribution < 1.29 is 4.79 Å². The Morgan fingerprint density at radius 1 is 1.57 bits per heavy atom. The average Bonchev–Trinajstić information content (AvgIpc) is 2.47. The van der Waals surface area contributed by atoms with Crippen LogP contribution in [-0.2, 0) is 4.79 Å². The van der Waals surface area contributed by atoms with Crippen molar-refractivity contribution in [3.63, 3.8) is 0 Å². The molecule has 0 aromatic heterocycles. The first-order chi connectivity index (χ1) is 10.9. The molecule has 5 N–H and O–H groups in total. The third-order valence-corrected chi connectivity index (χ3v) is 4.07. The summed E-state index contributed by atoms with van der Waals surface area (Å²) in [6.07, 6.45) is -0.479. The Morgan fingerprint density at radius 2 is 2.30 bits per heavy atom. The first-order valence-corrected chi connectivity index (χ1v) is 7.58. The van der Waals surface area contributed by atoms with E-state index in [1.54, 1.807) is 6.07 Å². The van der Waals surface area contributed by atoms with Crippen LogP contribution < -0.4 is 21.7 Å². The Bertz CT molecular complexity index is 668. The van der Waals surface area contributed by atoms with Crippen molar-refractivity contribution >= 4 is 29.2 Å². The Balaban J connectivity index is 2.02. The molecular weight excluding hydrogens is 316 g/mol. The Morgan fingerprint density at radius 3 is 2.91 bits per heavy atom. The molecule has 0 aliphatic carbocycles. The molecule has 122 valence electrons. The van der Waals surface area contributed by atoms with Crippen molar-refractivity contribution in [2.24, 2.45) is 16.6 Å². The lowest BCUT2D eigenvalue weighted by Crippen LogP contribution is -2.60. The van der Waals surface area contributed by atoms with Gasteiger partial charge in [0.05, 0.1) is 12.0 Å². The van der Waals surface area contributed by atoms with E-state index in [1.165, 1.54) is 0 Å². The highest BCUT2D eigenvalue weighted by Gasteiger charge is 2.33. The Hall–Kier alpha value is -2.30. The number of hydrogen-bond donors (Lipinski definition) is 4. The number of halogens is 1. The van der Waals surface area contributed by atoms with Crippen LogP contribution in [0.1, 0.15) is 18.9 Å². The van der Waals surface area contributed by atoms with Crippen LogP contribution in [0.25, 0.3) is 0 Å². The molecule has 0 spiro atoms. The number of guanidine groups is 1. The second-order valence-electron chi connectivity index (χ2n) is 5.44. The van der Waals surface area contributed by atoms with Gasteiger partial charge in [-0.1, -0.05) is 17.7 Å². The largest absolute Gasteiger partial charge is 0.370 e. The maximum atomic E-state index is 12.0. The molecule has 0 saturated carbocycles. The zero-order valence-electron chi connectivity index (χ0n) is 12.9. The summed E-state index contributed by atoms with van der Waals surface area (Å²) in [6.45, 7) is 3.75. The fourth-order valence-corrected chi connectivity index (χ4v) is 2.48. The lowest BCUT2D eigenvalue weighted by Gasteiger charge is -2.32. The first-order valence-electron chi connectivity index (χ1n) is 7.20. The number of benzene rings is 1. The summed E-state index contributed by atoms with van der Waals surface area (Å²) in [5.74, 6) is -0.456. The minimum absolute atomic E-state index is 0.147. The molecule has 3 atom stereocenters. The van der Waals surface area contributed by atoms with Crippen LogP contribution in [-0.4, -0.2) is 24.2 Å². The zero-order valence-corrected chi connectivity index (χ0v) is 13.7. The van der Waals surface area contributed by atoms with E-state index in [1.807, 2.05) is 32.0 Å². The third-order valence-electron chi connectivity index (χ3n) is 3.66. The van der Waals surface area contributed by atoms with Crippen LogP contribution in [0.4, 0.5) is 5.69 Å². The lowest BCUT2D eigenvalue weighted by atomic mass is 9.95. The molecule has 1 heterocycles. The fraction of sp³-hybridized carbons (Fsp3) is 0.400. The Labute approximate surface area is 139 Å². The summed E-state index contributed by atoms with van der Waals surface area (Å²) >= 11 is 6.06. The van der Waals surface area contributed by atoms with E-state index in [2.05, 4.69) is 20.9 Å². The van der Waals surface area contributed by atoms with Crippen LogP contribution in [0.2, 0.25) is 5.02 Å². The number of carbonyl (C=O) groups excluding carboxylic acids is 1. The Kier molecular flexibility index (Phi) is 5.42. The topological polar surface area (TPSA) is 115 Å². The van der Waals surface area contributed by atoms with Gasteiger partial charge in [-0.3, -0.25) is 10.1 Å². The van der Waals surface area contributed by atoms with Gasteiger partial charge >= 0.3 is 0 Å². The summed E-state index contributed by atoms with van der Waals surface area (Å²) in [6, 6.07) is 7.29. The molecule has 1 aromatic carbocycles. The van der Waals surface area contributed by atoms with Crippen molar-refractivity contribution in [2.45, 2.75) is 32.6 Å². The smallest absolute Gasteiger partial charge is 0.228 e. The number of nitrogens with two attached hydrogens (primary N) is 1. The molecule has 7 nitrogen and oxygen atoms in total.